The number of amides is 1. The number of carbonyl (C=O) groups excluding carboxylic acids is 1. The van der Waals surface area contributed by atoms with Crippen molar-refractivity contribution in [1.82, 2.24) is 5.32 Å². The number of hydrogen-bond donors (Lipinski definition) is 1. The number of para-hydroxylation sites is 1. The highest BCUT2D eigenvalue weighted by Gasteiger charge is 2.08. The van der Waals surface area contributed by atoms with Gasteiger partial charge in [0.2, 0.25) is 0 Å². The Morgan fingerprint density at radius 2 is 1.91 bits per heavy atom. The zero-order chi connectivity index (χ0) is 16.5. The number of benzene rings is 2. The molecule has 0 spiro atoms. The molecule has 0 saturated carbocycles. The molecule has 1 N–H and O–H groups in total. The molecule has 2 aromatic carbocycles. The van der Waals surface area contributed by atoms with Gasteiger partial charge in [0, 0.05) is 4.90 Å². The molecule has 0 heterocycles. The topological polar surface area (TPSA) is 38.3 Å². The SMILES string of the molecule is CSc1ccccc1C(=O)NCC#CCOc1ccccc1F. The summed E-state index contributed by atoms with van der Waals surface area (Å²) >= 11 is 1.52. The molecule has 1 amide bonds. The van der Waals surface area contributed by atoms with Gasteiger partial charge in [-0.15, -0.1) is 11.8 Å². The Labute approximate surface area is 139 Å². The Kier molecular flexibility index (Phi) is 6.52. The van der Waals surface area contributed by atoms with Crippen molar-refractivity contribution in [3.8, 4) is 17.6 Å². The third-order valence-electron chi connectivity index (χ3n) is 2.95. The van der Waals surface area contributed by atoms with Gasteiger partial charge in [-0.1, -0.05) is 36.1 Å². The first-order valence-corrected chi connectivity index (χ1v) is 8.19. The number of halogens is 1. The highest BCUT2D eigenvalue weighted by atomic mass is 32.2. The van der Waals surface area contributed by atoms with Gasteiger partial charge in [-0.25, -0.2) is 4.39 Å². The standard InChI is InChI=1S/C18H16FNO2S/c1-23-17-11-5-2-8-14(17)18(21)20-12-6-7-13-22-16-10-4-3-9-15(16)19/h2-5,8-11H,12-13H2,1H3,(H,20,21). The van der Waals surface area contributed by atoms with Gasteiger partial charge >= 0.3 is 0 Å². The minimum Gasteiger partial charge on any atom is -0.478 e. The summed E-state index contributed by atoms with van der Waals surface area (Å²) in [6.45, 7) is 0.278. The highest BCUT2D eigenvalue weighted by Crippen LogP contribution is 2.19. The van der Waals surface area contributed by atoms with Crippen molar-refractivity contribution in [3.63, 3.8) is 0 Å². The maximum atomic E-state index is 13.3. The second-order valence-electron chi connectivity index (χ2n) is 4.46. The van der Waals surface area contributed by atoms with Crippen LogP contribution in [-0.4, -0.2) is 25.3 Å². The normalized spacial score (nSPS) is 9.65. The summed E-state index contributed by atoms with van der Waals surface area (Å²) in [6, 6.07) is 13.5. The summed E-state index contributed by atoms with van der Waals surface area (Å²) in [7, 11) is 0. The Bertz CT molecular complexity index is 737. The Hall–Kier alpha value is -2.45. The van der Waals surface area contributed by atoms with Gasteiger partial charge in [-0.2, -0.15) is 0 Å². The molecule has 0 bridgehead atoms. The molecule has 0 atom stereocenters. The van der Waals surface area contributed by atoms with E-state index in [2.05, 4.69) is 17.2 Å². The predicted octanol–water partition coefficient (Wildman–Crippen LogP) is 3.36. The molecule has 23 heavy (non-hydrogen) atoms. The Morgan fingerprint density at radius 3 is 2.70 bits per heavy atom. The van der Waals surface area contributed by atoms with Crippen LogP contribution in [-0.2, 0) is 0 Å². The maximum Gasteiger partial charge on any atom is 0.253 e. The first kappa shape index (κ1) is 16.9. The molecule has 2 rings (SSSR count). The van der Waals surface area contributed by atoms with E-state index in [-0.39, 0.29) is 24.8 Å². The fraction of sp³-hybridized carbons (Fsp3) is 0.167. The van der Waals surface area contributed by atoms with Crippen molar-refractivity contribution in [3.05, 3.63) is 59.9 Å². The summed E-state index contributed by atoms with van der Waals surface area (Å²) in [5.41, 5.74) is 0.629. The molecule has 0 unspecified atom stereocenters. The number of rotatable bonds is 5. The van der Waals surface area contributed by atoms with Crippen LogP contribution < -0.4 is 10.1 Å². The Morgan fingerprint density at radius 1 is 1.17 bits per heavy atom. The largest absolute Gasteiger partial charge is 0.478 e. The van der Waals surface area contributed by atoms with Gasteiger partial charge in [0.25, 0.3) is 5.91 Å². The van der Waals surface area contributed by atoms with E-state index in [1.165, 1.54) is 23.9 Å². The predicted molar refractivity (Wildman–Crippen MR) is 90.2 cm³/mol. The van der Waals surface area contributed by atoms with E-state index in [4.69, 9.17) is 4.74 Å². The van der Waals surface area contributed by atoms with Crippen LogP contribution in [0.3, 0.4) is 0 Å². The molecule has 0 fully saturated rings. The summed E-state index contributed by atoms with van der Waals surface area (Å²) < 4.78 is 18.5. The lowest BCUT2D eigenvalue weighted by atomic mass is 10.2. The van der Waals surface area contributed by atoms with Crippen molar-refractivity contribution in [2.45, 2.75) is 4.90 Å². The van der Waals surface area contributed by atoms with Crippen molar-refractivity contribution in [2.24, 2.45) is 0 Å². The molecule has 118 valence electrons. The molecule has 0 aliphatic heterocycles. The van der Waals surface area contributed by atoms with Gasteiger partial charge in [-0.05, 0) is 30.5 Å². The molecule has 0 aromatic heterocycles. The van der Waals surface area contributed by atoms with Crippen molar-refractivity contribution in [2.75, 3.05) is 19.4 Å². The van der Waals surface area contributed by atoms with Gasteiger partial charge in [0.15, 0.2) is 11.6 Å². The van der Waals surface area contributed by atoms with Crippen LogP contribution in [0, 0.1) is 17.7 Å². The number of nitrogens with one attached hydrogen (secondary N) is 1. The summed E-state index contributed by atoms with van der Waals surface area (Å²) in [6.07, 6.45) is 1.92. The van der Waals surface area contributed by atoms with E-state index in [1.54, 1.807) is 18.2 Å². The number of ether oxygens (including phenoxy) is 1. The maximum absolute atomic E-state index is 13.3. The third kappa shape index (κ3) is 5.04. The van der Waals surface area contributed by atoms with E-state index >= 15 is 0 Å². The number of carbonyl (C=O) groups is 1. The molecule has 0 aliphatic rings. The first-order chi connectivity index (χ1) is 11.2. The minimum atomic E-state index is -0.420. The van der Waals surface area contributed by atoms with Gasteiger partial charge in [0.1, 0.15) is 6.61 Å². The molecule has 0 aliphatic carbocycles. The van der Waals surface area contributed by atoms with Crippen LogP contribution in [0.25, 0.3) is 0 Å². The van der Waals surface area contributed by atoms with E-state index in [1.807, 2.05) is 24.5 Å². The molecular weight excluding hydrogens is 313 g/mol. The highest BCUT2D eigenvalue weighted by molar-refractivity contribution is 7.98. The van der Waals surface area contributed by atoms with Crippen LogP contribution in [0.15, 0.2) is 53.4 Å². The van der Waals surface area contributed by atoms with Crippen molar-refractivity contribution >= 4 is 17.7 Å². The molecule has 3 nitrogen and oxygen atoms in total. The average Bonchev–Trinajstić information content (AvgIpc) is 2.59. The lowest BCUT2D eigenvalue weighted by molar-refractivity contribution is 0.0956. The fourth-order valence-electron chi connectivity index (χ4n) is 1.84. The number of hydrogen-bond acceptors (Lipinski definition) is 3. The lowest BCUT2D eigenvalue weighted by Crippen LogP contribution is -2.24. The molecule has 5 heteroatoms. The average molecular weight is 329 g/mol. The van der Waals surface area contributed by atoms with E-state index in [0.29, 0.717) is 5.56 Å². The van der Waals surface area contributed by atoms with E-state index in [9.17, 15) is 9.18 Å². The molecular formula is C18H16FNO2S. The zero-order valence-corrected chi connectivity index (χ0v) is 13.5. The van der Waals surface area contributed by atoms with Crippen LogP contribution in [0.2, 0.25) is 0 Å². The van der Waals surface area contributed by atoms with E-state index in [0.717, 1.165) is 4.90 Å². The zero-order valence-electron chi connectivity index (χ0n) is 12.6. The summed E-state index contributed by atoms with van der Waals surface area (Å²) in [4.78, 5) is 13.0. The minimum absolute atomic E-state index is 0.0677. The van der Waals surface area contributed by atoms with Crippen LogP contribution in [0.5, 0.6) is 5.75 Å². The number of thioether (sulfide) groups is 1. The van der Waals surface area contributed by atoms with Gasteiger partial charge in [-0.3, -0.25) is 4.79 Å². The van der Waals surface area contributed by atoms with Crippen molar-refractivity contribution in [1.29, 1.82) is 0 Å². The van der Waals surface area contributed by atoms with Crippen LogP contribution >= 0.6 is 11.8 Å². The van der Waals surface area contributed by atoms with E-state index < -0.39 is 5.82 Å². The second-order valence-corrected chi connectivity index (χ2v) is 5.30. The second kappa shape index (κ2) is 8.86. The lowest BCUT2D eigenvalue weighted by Gasteiger charge is -2.06. The van der Waals surface area contributed by atoms with Crippen molar-refractivity contribution < 1.29 is 13.9 Å². The molecule has 2 aromatic rings. The first-order valence-electron chi connectivity index (χ1n) is 6.96. The smallest absolute Gasteiger partial charge is 0.253 e. The molecule has 0 radical (unpaired) electrons. The fourth-order valence-corrected chi connectivity index (χ4v) is 2.44. The Balaban J connectivity index is 1.79. The summed E-state index contributed by atoms with van der Waals surface area (Å²) in [5.74, 6) is 5.09. The third-order valence-corrected chi connectivity index (χ3v) is 3.75. The van der Waals surface area contributed by atoms with Gasteiger partial charge in [0.05, 0.1) is 12.1 Å². The summed E-state index contributed by atoms with van der Waals surface area (Å²) in [5, 5.41) is 2.73. The van der Waals surface area contributed by atoms with Gasteiger partial charge < -0.3 is 10.1 Å². The molecule has 0 saturated heterocycles. The van der Waals surface area contributed by atoms with Crippen LogP contribution in [0.1, 0.15) is 10.4 Å². The quantitative estimate of drug-likeness (QED) is 0.675. The monoisotopic (exact) mass is 329 g/mol. The van der Waals surface area contributed by atoms with Crippen LogP contribution in [0.4, 0.5) is 4.39 Å².